The summed E-state index contributed by atoms with van der Waals surface area (Å²) < 4.78 is 13.8. The van der Waals surface area contributed by atoms with Gasteiger partial charge in [-0.05, 0) is 33.2 Å². The fourth-order valence-corrected chi connectivity index (χ4v) is 2.15. The maximum atomic E-state index is 6.03. The molecule has 0 radical (unpaired) electrons. The molecule has 1 aliphatic heterocycles. The molecule has 2 rings (SSSR count). The second kappa shape index (κ2) is 5.00. The number of rotatable bonds is 3. The fraction of sp³-hybridized carbons (Fsp3) is 0.615. The van der Waals surface area contributed by atoms with Crippen LogP contribution in [0.25, 0.3) is 6.08 Å². The van der Waals surface area contributed by atoms with Crippen molar-refractivity contribution in [2.24, 2.45) is 7.05 Å². The molecular formula is C13H21BN2O2S. The van der Waals surface area contributed by atoms with E-state index in [0.717, 1.165) is 11.0 Å². The minimum absolute atomic E-state index is 0.325. The average Bonchev–Trinajstić information content (AvgIpc) is 2.78. The van der Waals surface area contributed by atoms with Crippen molar-refractivity contribution >= 4 is 25.8 Å². The lowest BCUT2D eigenvalue weighted by molar-refractivity contribution is 0.00578. The molecule has 0 N–H and O–H groups in total. The Hall–Kier alpha value is -0.715. The molecule has 0 aromatic carbocycles. The molecule has 0 bridgehead atoms. The molecule has 19 heavy (non-hydrogen) atoms. The molecule has 1 fully saturated rings. The topological polar surface area (TPSA) is 36.3 Å². The summed E-state index contributed by atoms with van der Waals surface area (Å²) >= 11 is 4.39. The van der Waals surface area contributed by atoms with Crippen LogP contribution in [0.15, 0.2) is 17.9 Å². The Labute approximate surface area is 120 Å². The van der Waals surface area contributed by atoms with E-state index in [-0.39, 0.29) is 18.3 Å². The van der Waals surface area contributed by atoms with Gasteiger partial charge in [0.05, 0.1) is 17.4 Å². The van der Waals surface area contributed by atoms with Gasteiger partial charge in [0, 0.05) is 24.6 Å². The highest BCUT2D eigenvalue weighted by Gasteiger charge is 2.52. The summed E-state index contributed by atoms with van der Waals surface area (Å²) in [5, 5.41) is 4.15. The predicted octanol–water partition coefficient (Wildman–Crippen LogP) is 2.36. The number of hydrogen-bond acceptors (Lipinski definition) is 4. The molecule has 0 spiro atoms. The molecule has 0 atom stereocenters. The van der Waals surface area contributed by atoms with Crippen LogP contribution in [-0.4, -0.2) is 33.9 Å². The zero-order valence-electron chi connectivity index (χ0n) is 12.2. The Morgan fingerprint density at radius 1 is 1.37 bits per heavy atom. The van der Waals surface area contributed by atoms with Crippen LogP contribution < -0.4 is 0 Å². The van der Waals surface area contributed by atoms with Gasteiger partial charge in [0.2, 0.25) is 0 Å². The molecule has 104 valence electrons. The molecule has 1 aliphatic rings. The van der Waals surface area contributed by atoms with Crippen LogP contribution in [0.3, 0.4) is 0 Å². The Bertz CT molecular complexity index is 481. The van der Waals surface area contributed by atoms with Gasteiger partial charge in [-0.25, -0.2) is 0 Å². The van der Waals surface area contributed by atoms with Crippen molar-refractivity contribution in [1.29, 1.82) is 0 Å². The standard InChI is InChI=1S/C13H21BN2O2S/c1-12(2)13(3,4)18-14(17-12)11(9-19)6-10-7-15-16(5)8-10/h6-8,19H,9H2,1-5H3. The maximum absolute atomic E-state index is 6.03. The van der Waals surface area contributed by atoms with Gasteiger partial charge in [0.25, 0.3) is 0 Å². The van der Waals surface area contributed by atoms with Crippen LogP contribution in [0.5, 0.6) is 0 Å². The van der Waals surface area contributed by atoms with E-state index in [1.807, 2.05) is 53.2 Å². The van der Waals surface area contributed by atoms with E-state index in [1.165, 1.54) is 0 Å². The lowest BCUT2D eigenvalue weighted by atomic mass is 9.78. The zero-order valence-corrected chi connectivity index (χ0v) is 13.1. The molecule has 0 saturated carbocycles. The predicted molar refractivity (Wildman–Crippen MR) is 81.1 cm³/mol. The molecule has 1 aromatic heterocycles. The van der Waals surface area contributed by atoms with Gasteiger partial charge in [0.1, 0.15) is 0 Å². The maximum Gasteiger partial charge on any atom is 0.491 e. The summed E-state index contributed by atoms with van der Waals surface area (Å²) in [6.45, 7) is 8.20. The van der Waals surface area contributed by atoms with Crippen molar-refractivity contribution in [2.75, 3.05) is 5.75 Å². The Morgan fingerprint density at radius 3 is 2.37 bits per heavy atom. The Balaban J connectivity index is 2.23. The number of aryl methyl sites for hydroxylation is 1. The summed E-state index contributed by atoms with van der Waals surface area (Å²) in [4.78, 5) is 0. The highest BCUT2D eigenvalue weighted by molar-refractivity contribution is 7.80. The minimum Gasteiger partial charge on any atom is -0.400 e. The number of hydrogen-bond donors (Lipinski definition) is 1. The van der Waals surface area contributed by atoms with Gasteiger partial charge in [-0.2, -0.15) is 17.7 Å². The summed E-state index contributed by atoms with van der Waals surface area (Å²) in [5.41, 5.74) is 1.39. The van der Waals surface area contributed by atoms with E-state index in [0.29, 0.717) is 5.75 Å². The summed E-state index contributed by atoms with van der Waals surface area (Å²) in [7, 11) is 1.55. The molecule has 4 nitrogen and oxygen atoms in total. The lowest BCUT2D eigenvalue weighted by Gasteiger charge is -2.32. The third kappa shape index (κ3) is 2.90. The van der Waals surface area contributed by atoms with Gasteiger partial charge < -0.3 is 9.31 Å². The monoisotopic (exact) mass is 280 g/mol. The van der Waals surface area contributed by atoms with E-state index in [4.69, 9.17) is 9.31 Å². The highest BCUT2D eigenvalue weighted by atomic mass is 32.1. The van der Waals surface area contributed by atoms with Crippen LogP contribution in [0.4, 0.5) is 0 Å². The van der Waals surface area contributed by atoms with Gasteiger partial charge in [0.15, 0.2) is 0 Å². The minimum atomic E-state index is -0.345. The van der Waals surface area contributed by atoms with Crippen LogP contribution in [0, 0.1) is 0 Å². The van der Waals surface area contributed by atoms with E-state index in [1.54, 1.807) is 4.68 Å². The van der Waals surface area contributed by atoms with Crippen molar-refractivity contribution in [3.05, 3.63) is 23.4 Å². The highest BCUT2D eigenvalue weighted by Crippen LogP contribution is 2.38. The summed E-state index contributed by atoms with van der Waals surface area (Å²) in [6.07, 6.45) is 5.80. The van der Waals surface area contributed by atoms with E-state index in [9.17, 15) is 0 Å². The summed E-state index contributed by atoms with van der Waals surface area (Å²) in [5.74, 6) is 0.589. The molecule has 0 unspecified atom stereocenters. The van der Waals surface area contributed by atoms with Crippen molar-refractivity contribution in [1.82, 2.24) is 9.78 Å². The third-order valence-electron chi connectivity index (χ3n) is 3.82. The lowest BCUT2D eigenvalue weighted by Crippen LogP contribution is -2.41. The number of thiol groups is 1. The summed E-state index contributed by atoms with van der Waals surface area (Å²) in [6, 6.07) is 0. The molecule has 0 amide bonds. The zero-order chi connectivity index (χ0) is 14.3. The molecule has 1 aromatic rings. The largest absolute Gasteiger partial charge is 0.491 e. The molecule has 6 heteroatoms. The number of aromatic nitrogens is 2. The second-order valence-electron chi connectivity index (χ2n) is 5.91. The van der Waals surface area contributed by atoms with E-state index < -0.39 is 0 Å². The Kier molecular flexibility index (Phi) is 3.86. The van der Waals surface area contributed by atoms with Gasteiger partial charge in [-0.3, -0.25) is 4.68 Å². The van der Waals surface area contributed by atoms with Crippen LogP contribution in [0.1, 0.15) is 33.3 Å². The van der Waals surface area contributed by atoms with E-state index >= 15 is 0 Å². The van der Waals surface area contributed by atoms with Crippen molar-refractivity contribution in [3.63, 3.8) is 0 Å². The molecule has 1 saturated heterocycles. The number of nitrogens with zero attached hydrogens (tertiary/aromatic N) is 2. The molecular weight excluding hydrogens is 259 g/mol. The molecule has 2 heterocycles. The van der Waals surface area contributed by atoms with Gasteiger partial charge in [-0.15, -0.1) is 0 Å². The quantitative estimate of drug-likeness (QED) is 0.682. The fourth-order valence-electron chi connectivity index (χ4n) is 1.91. The first-order chi connectivity index (χ1) is 8.75. The first kappa shape index (κ1) is 14.7. The van der Waals surface area contributed by atoms with Crippen molar-refractivity contribution < 1.29 is 9.31 Å². The van der Waals surface area contributed by atoms with E-state index in [2.05, 4.69) is 17.7 Å². The smallest absolute Gasteiger partial charge is 0.400 e. The third-order valence-corrected chi connectivity index (χ3v) is 4.18. The SMILES string of the molecule is Cn1cc(C=C(CS)B2OC(C)(C)C(C)(C)O2)cn1. The van der Waals surface area contributed by atoms with Crippen LogP contribution in [-0.2, 0) is 16.4 Å². The van der Waals surface area contributed by atoms with Crippen molar-refractivity contribution in [2.45, 2.75) is 38.9 Å². The van der Waals surface area contributed by atoms with Crippen molar-refractivity contribution in [3.8, 4) is 0 Å². The van der Waals surface area contributed by atoms with Crippen LogP contribution in [0.2, 0.25) is 0 Å². The van der Waals surface area contributed by atoms with Gasteiger partial charge in [-0.1, -0.05) is 6.08 Å². The molecule has 0 aliphatic carbocycles. The normalized spacial score (nSPS) is 22.0. The first-order valence-corrected chi connectivity index (χ1v) is 7.04. The van der Waals surface area contributed by atoms with Gasteiger partial charge >= 0.3 is 7.12 Å². The average molecular weight is 280 g/mol. The van der Waals surface area contributed by atoms with Crippen LogP contribution >= 0.6 is 12.6 Å². The first-order valence-electron chi connectivity index (χ1n) is 6.41. The second-order valence-corrected chi connectivity index (χ2v) is 6.23. The Morgan fingerprint density at radius 2 is 1.95 bits per heavy atom.